The number of nitrogens with zero attached hydrogens (tertiary/aromatic N) is 1. The zero-order chi connectivity index (χ0) is 13.5. The number of likely N-dealkylation sites (tertiary alicyclic amines) is 1. The molecular weight excluding hydrogens is 322 g/mol. The standard InChI is InChI=1S/C15H20BrNOS/c16-10-9-13-6-4-5-11-17(13)15(18)12-19-14-7-2-1-3-8-14/h1-3,7-8,13H,4-6,9-12H2. The van der Waals surface area contributed by atoms with Crippen molar-refractivity contribution in [2.24, 2.45) is 0 Å². The summed E-state index contributed by atoms with van der Waals surface area (Å²) in [5.74, 6) is 0.850. The van der Waals surface area contributed by atoms with Crippen LogP contribution in [-0.4, -0.2) is 34.5 Å². The van der Waals surface area contributed by atoms with Crippen LogP contribution in [0.25, 0.3) is 0 Å². The van der Waals surface area contributed by atoms with Crippen LogP contribution in [-0.2, 0) is 4.79 Å². The fourth-order valence-corrected chi connectivity index (χ4v) is 3.83. The van der Waals surface area contributed by atoms with Gasteiger partial charge in [0.1, 0.15) is 0 Å². The summed E-state index contributed by atoms with van der Waals surface area (Å²) in [5, 5.41) is 0.979. The van der Waals surface area contributed by atoms with Crippen molar-refractivity contribution in [1.82, 2.24) is 4.90 Å². The highest BCUT2D eigenvalue weighted by molar-refractivity contribution is 9.09. The van der Waals surface area contributed by atoms with Gasteiger partial charge in [0.2, 0.25) is 5.91 Å². The third-order valence-corrected chi connectivity index (χ3v) is 4.95. The van der Waals surface area contributed by atoms with E-state index in [0.717, 1.165) is 31.1 Å². The molecule has 2 rings (SSSR count). The van der Waals surface area contributed by atoms with Gasteiger partial charge in [-0.15, -0.1) is 11.8 Å². The number of carbonyl (C=O) groups is 1. The average molecular weight is 342 g/mol. The number of carbonyl (C=O) groups excluding carboxylic acids is 1. The van der Waals surface area contributed by atoms with Gasteiger partial charge in [-0.05, 0) is 37.8 Å². The number of amides is 1. The van der Waals surface area contributed by atoms with Gasteiger partial charge in [-0.2, -0.15) is 0 Å². The van der Waals surface area contributed by atoms with E-state index in [1.54, 1.807) is 11.8 Å². The molecule has 1 unspecified atom stereocenters. The highest BCUT2D eigenvalue weighted by atomic mass is 79.9. The lowest BCUT2D eigenvalue weighted by molar-refractivity contribution is -0.131. The Balaban J connectivity index is 1.87. The second-order valence-corrected chi connectivity index (χ2v) is 6.66. The van der Waals surface area contributed by atoms with E-state index in [-0.39, 0.29) is 0 Å². The van der Waals surface area contributed by atoms with Crippen LogP contribution >= 0.6 is 27.7 Å². The van der Waals surface area contributed by atoms with Crippen molar-refractivity contribution in [2.45, 2.75) is 36.6 Å². The molecule has 1 heterocycles. The number of hydrogen-bond donors (Lipinski definition) is 0. The van der Waals surface area contributed by atoms with Gasteiger partial charge in [-0.25, -0.2) is 0 Å². The first kappa shape index (κ1) is 14.9. The zero-order valence-corrected chi connectivity index (χ0v) is 13.5. The molecule has 1 atom stereocenters. The molecule has 0 N–H and O–H groups in total. The maximum absolute atomic E-state index is 12.3. The molecule has 0 bridgehead atoms. The monoisotopic (exact) mass is 341 g/mol. The summed E-state index contributed by atoms with van der Waals surface area (Å²) >= 11 is 5.13. The quantitative estimate of drug-likeness (QED) is 0.597. The third-order valence-electron chi connectivity index (χ3n) is 3.50. The molecule has 0 saturated carbocycles. The van der Waals surface area contributed by atoms with E-state index in [2.05, 4.69) is 33.0 Å². The Morgan fingerprint density at radius 1 is 1.32 bits per heavy atom. The molecule has 1 amide bonds. The van der Waals surface area contributed by atoms with Gasteiger partial charge in [0.25, 0.3) is 0 Å². The first-order chi connectivity index (χ1) is 9.31. The highest BCUT2D eigenvalue weighted by Crippen LogP contribution is 2.23. The van der Waals surface area contributed by atoms with Crippen molar-refractivity contribution < 1.29 is 4.79 Å². The van der Waals surface area contributed by atoms with Crippen LogP contribution in [0, 0.1) is 0 Å². The first-order valence-electron chi connectivity index (χ1n) is 6.84. The maximum atomic E-state index is 12.3. The molecule has 1 saturated heterocycles. The van der Waals surface area contributed by atoms with Gasteiger partial charge in [-0.3, -0.25) is 4.79 Å². The van der Waals surface area contributed by atoms with Crippen LogP contribution in [0.2, 0.25) is 0 Å². The lowest BCUT2D eigenvalue weighted by Gasteiger charge is -2.35. The summed E-state index contributed by atoms with van der Waals surface area (Å²) in [6, 6.07) is 10.6. The van der Waals surface area contributed by atoms with E-state index in [4.69, 9.17) is 0 Å². The van der Waals surface area contributed by atoms with Crippen molar-refractivity contribution in [2.75, 3.05) is 17.6 Å². The van der Waals surface area contributed by atoms with E-state index in [9.17, 15) is 4.79 Å². The molecule has 104 valence electrons. The summed E-state index contributed by atoms with van der Waals surface area (Å²) in [5.41, 5.74) is 0. The van der Waals surface area contributed by atoms with Gasteiger partial charge in [0.05, 0.1) is 5.75 Å². The van der Waals surface area contributed by atoms with Gasteiger partial charge < -0.3 is 4.90 Å². The van der Waals surface area contributed by atoms with Crippen molar-refractivity contribution in [3.8, 4) is 0 Å². The molecule has 1 aliphatic heterocycles. The SMILES string of the molecule is O=C(CSc1ccccc1)N1CCCCC1CCBr. The fourth-order valence-electron chi connectivity index (χ4n) is 2.50. The summed E-state index contributed by atoms with van der Waals surface area (Å²) in [6.07, 6.45) is 4.64. The van der Waals surface area contributed by atoms with Crippen LogP contribution in [0.5, 0.6) is 0 Å². The predicted octanol–water partition coefficient (Wildman–Crippen LogP) is 3.94. The van der Waals surface area contributed by atoms with E-state index in [0.29, 0.717) is 17.7 Å². The van der Waals surface area contributed by atoms with E-state index in [1.165, 1.54) is 11.3 Å². The summed E-state index contributed by atoms with van der Waals surface area (Å²) in [6.45, 7) is 0.936. The summed E-state index contributed by atoms with van der Waals surface area (Å²) < 4.78 is 0. The molecular formula is C15H20BrNOS. The predicted molar refractivity (Wildman–Crippen MR) is 84.9 cm³/mol. The Morgan fingerprint density at radius 3 is 2.84 bits per heavy atom. The van der Waals surface area contributed by atoms with Crippen LogP contribution < -0.4 is 0 Å². The second-order valence-electron chi connectivity index (χ2n) is 4.82. The number of thioether (sulfide) groups is 1. The lowest BCUT2D eigenvalue weighted by Crippen LogP contribution is -2.44. The Bertz CT molecular complexity index is 396. The minimum atomic E-state index is 0.291. The Hall–Kier alpha value is -0.480. The van der Waals surface area contributed by atoms with Gasteiger partial charge >= 0.3 is 0 Å². The zero-order valence-electron chi connectivity index (χ0n) is 11.1. The molecule has 1 aliphatic rings. The number of alkyl halides is 1. The number of piperidine rings is 1. The molecule has 0 aliphatic carbocycles. The molecule has 1 aromatic rings. The molecule has 1 aromatic carbocycles. The van der Waals surface area contributed by atoms with Crippen LogP contribution in [0.3, 0.4) is 0 Å². The van der Waals surface area contributed by atoms with Gasteiger partial charge in [0.15, 0.2) is 0 Å². The molecule has 0 spiro atoms. The lowest BCUT2D eigenvalue weighted by atomic mass is 10.0. The van der Waals surface area contributed by atoms with E-state index < -0.39 is 0 Å². The molecule has 0 radical (unpaired) electrons. The van der Waals surface area contributed by atoms with Gasteiger partial charge in [-0.1, -0.05) is 34.1 Å². The average Bonchev–Trinajstić information content (AvgIpc) is 2.47. The number of rotatable bonds is 5. The third kappa shape index (κ3) is 4.53. The maximum Gasteiger partial charge on any atom is 0.233 e. The molecule has 2 nitrogen and oxygen atoms in total. The molecule has 1 fully saturated rings. The second kappa shape index (κ2) is 7.95. The van der Waals surface area contributed by atoms with Gasteiger partial charge in [0, 0.05) is 22.8 Å². The van der Waals surface area contributed by atoms with Crippen molar-refractivity contribution in [3.63, 3.8) is 0 Å². The minimum absolute atomic E-state index is 0.291. The topological polar surface area (TPSA) is 20.3 Å². The smallest absolute Gasteiger partial charge is 0.233 e. The normalized spacial score (nSPS) is 19.4. The molecule has 4 heteroatoms. The summed E-state index contributed by atoms with van der Waals surface area (Å²) in [4.78, 5) is 15.6. The highest BCUT2D eigenvalue weighted by Gasteiger charge is 2.25. The Labute approximate surface area is 128 Å². The Kier molecular flexibility index (Phi) is 6.24. The number of halogens is 1. The number of hydrogen-bond acceptors (Lipinski definition) is 2. The van der Waals surface area contributed by atoms with Crippen LogP contribution in [0.15, 0.2) is 35.2 Å². The first-order valence-corrected chi connectivity index (χ1v) is 8.95. The molecule has 0 aromatic heterocycles. The van der Waals surface area contributed by atoms with Crippen LogP contribution in [0.4, 0.5) is 0 Å². The summed E-state index contributed by atoms with van der Waals surface area (Å²) in [7, 11) is 0. The van der Waals surface area contributed by atoms with Crippen molar-refractivity contribution in [1.29, 1.82) is 0 Å². The van der Waals surface area contributed by atoms with E-state index in [1.807, 2.05) is 18.2 Å². The minimum Gasteiger partial charge on any atom is -0.339 e. The van der Waals surface area contributed by atoms with Crippen molar-refractivity contribution >= 4 is 33.6 Å². The van der Waals surface area contributed by atoms with E-state index >= 15 is 0 Å². The Morgan fingerprint density at radius 2 is 2.11 bits per heavy atom. The molecule has 19 heavy (non-hydrogen) atoms. The van der Waals surface area contributed by atoms with Crippen LogP contribution in [0.1, 0.15) is 25.7 Å². The number of benzene rings is 1. The largest absolute Gasteiger partial charge is 0.339 e. The van der Waals surface area contributed by atoms with Crippen molar-refractivity contribution in [3.05, 3.63) is 30.3 Å². The fraction of sp³-hybridized carbons (Fsp3) is 0.533.